The maximum Gasteiger partial charge on any atom is 0.0349 e. The summed E-state index contributed by atoms with van der Waals surface area (Å²) < 4.78 is 0. The van der Waals surface area contributed by atoms with Gasteiger partial charge in [0.15, 0.2) is 0 Å². The van der Waals surface area contributed by atoms with Gasteiger partial charge in [-0.15, -0.1) is 11.3 Å². The Morgan fingerprint density at radius 1 is 0.449 bits per heavy atom. The topological polar surface area (TPSA) is 0 Å². The fourth-order valence-corrected chi connectivity index (χ4v) is 8.63. The van der Waals surface area contributed by atoms with Gasteiger partial charge in [0, 0.05) is 9.75 Å². The van der Waals surface area contributed by atoms with Gasteiger partial charge in [0.2, 0.25) is 0 Å². The van der Waals surface area contributed by atoms with Crippen LogP contribution in [0.2, 0.25) is 0 Å². The second kappa shape index (κ2) is 12.8. The van der Waals surface area contributed by atoms with E-state index in [1.807, 2.05) is 25.2 Å². The van der Waals surface area contributed by atoms with Crippen molar-refractivity contribution in [3.05, 3.63) is 162 Å². The second-order valence-electron chi connectivity index (χ2n) is 12.4. The molecule has 0 fully saturated rings. The van der Waals surface area contributed by atoms with Crippen molar-refractivity contribution in [2.24, 2.45) is 0 Å². The van der Waals surface area contributed by atoms with Crippen molar-refractivity contribution in [1.29, 1.82) is 0 Å². The van der Waals surface area contributed by atoms with Crippen LogP contribution in [0.5, 0.6) is 0 Å². The van der Waals surface area contributed by atoms with E-state index >= 15 is 0 Å². The van der Waals surface area contributed by atoms with E-state index in [1.165, 1.54) is 97.0 Å². The van der Waals surface area contributed by atoms with Crippen LogP contribution in [0.4, 0.5) is 0 Å². The Labute approximate surface area is 292 Å². The van der Waals surface area contributed by atoms with E-state index in [0.29, 0.717) is 0 Å². The highest BCUT2D eigenvalue weighted by molar-refractivity contribution is 7.18. The lowest BCUT2D eigenvalue weighted by Crippen LogP contribution is -2.03. The van der Waals surface area contributed by atoms with Gasteiger partial charge in [0.25, 0.3) is 0 Å². The fraction of sp³-hybridized carbons (Fsp3) is 0.0833. The van der Waals surface area contributed by atoms with E-state index in [0.717, 1.165) is 0 Å². The number of aryl methyl sites for hydroxylation is 1. The third-order valence-corrected chi connectivity index (χ3v) is 10.9. The standard InChI is InChI=1S/C46H32S.C2H6/c1-3-30-22-24-39-40(25-23-32-21-20-29(2)43(30)45(32)39)46-37-18-9-7-16-35(37)44(36-17-8-10-19-38(36)46)34-15-11-14-33(28-34)42-27-26-41(47-42)31-12-5-4-6-13-31;1-2/h3-28H,1-2H3;1-2H3/b30-3-;. The molecule has 0 spiro atoms. The molecule has 0 aliphatic heterocycles. The van der Waals surface area contributed by atoms with Crippen molar-refractivity contribution in [2.45, 2.75) is 27.7 Å². The molecule has 0 radical (unpaired) electrons. The van der Waals surface area contributed by atoms with Crippen LogP contribution in [-0.2, 0) is 0 Å². The summed E-state index contributed by atoms with van der Waals surface area (Å²) in [7, 11) is 0. The van der Waals surface area contributed by atoms with Crippen molar-refractivity contribution in [3.8, 4) is 43.1 Å². The Balaban J connectivity index is 0.00000171. The minimum atomic E-state index is 1.24. The summed E-state index contributed by atoms with van der Waals surface area (Å²) in [5.74, 6) is 0. The van der Waals surface area contributed by atoms with Gasteiger partial charge in [-0.2, -0.15) is 0 Å². The van der Waals surface area contributed by atoms with Crippen LogP contribution in [0.3, 0.4) is 0 Å². The molecular formula is C48H38S. The third-order valence-electron chi connectivity index (χ3n) is 9.77. The first-order valence-corrected chi connectivity index (χ1v) is 18.1. The molecule has 0 atom stereocenters. The lowest BCUT2D eigenvalue weighted by atomic mass is 9.83. The lowest BCUT2D eigenvalue weighted by molar-refractivity contribution is 1.50. The van der Waals surface area contributed by atoms with Crippen molar-refractivity contribution >= 4 is 60.5 Å². The van der Waals surface area contributed by atoms with Crippen LogP contribution in [-0.4, -0.2) is 0 Å². The highest BCUT2D eigenvalue weighted by atomic mass is 32.1. The van der Waals surface area contributed by atoms with E-state index in [9.17, 15) is 0 Å². The summed E-state index contributed by atoms with van der Waals surface area (Å²) in [6.07, 6.45) is 2.24. The smallest absolute Gasteiger partial charge is 0.0349 e. The van der Waals surface area contributed by atoms with Crippen LogP contribution >= 0.6 is 11.3 Å². The number of rotatable bonds is 4. The van der Waals surface area contributed by atoms with Gasteiger partial charge in [-0.1, -0.05) is 153 Å². The number of thiophene rings is 1. The molecule has 0 nitrogen and oxygen atoms in total. The van der Waals surface area contributed by atoms with Gasteiger partial charge in [-0.25, -0.2) is 0 Å². The van der Waals surface area contributed by atoms with Crippen LogP contribution < -0.4 is 5.22 Å². The number of benzene rings is 8. The SMILES string of the molecule is C/C=c1/ccc2c(-c3c4ccccc4c(-c4cccc(-c5ccc(-c6ccccc6)s5)c4)c4ccccc34)ccc3ccc(C)c1c32.CC. The molecule has 0 aliphatic carbocycles. The first kappa shape index (κ1) is 30.8. The molecule has 0 saturated carbocycles. The van der Waals surface area contributed by atoms with Crippen LogP contribution in [0.25, 0.3) is 92.3 Å². The molecule has 0 amide bonds. The predicted molar refractivity (Wildman–Crippen MR) is 218 cm³/mol. The molecule has 1 heterocycles. The Kier molecular flexibility index (Phi) is 8.07. The van der Waals surface area contributed by atoms with E-state index in [4.69, 9.17) is 0 Å². The zero-order chi connectivity index (χ0) is 33.5. The molecule has 0 N–H and O–H groups in total. The third kappa shape index (κ3) is 5.14. The van der Waals surface area contributed by atoms with E-state index < -0.39 is 0 Å². The van der Waals surface area contributed by atoms with Gasteiger partial charge in [-0.3, -0.25) is 0 Å². The molecule has 8 aromatic carbocycles. The zero-order valence-electron chi connectivity index (χ0n) is 28.4. The van der Waals surface area contributed by atoms with Gasteiger partial charge in [0.1, 0.15) is 0 Å². The van der Waals surface area contributed by atoms with Crippen molar-refractivity contribution in [2.75, 3.05) is 0 Å². The molecule has 0 saturated heterocycles. The lowest BCUT2D eigenvalue weighted by Gasteiger charge is -2.20. The minimum Gasteiger partial charge on any atom is -0.135 e. The van der Waals surface area contributed by atoms with Crippen LogP contribution in [0.1, 0.15) is 26.3 Å². The molecule has 0 unspecified atom stereocenters. The summed E-state index contributed by atoms with van der Waals surface area (Å²) >= 11 is 1.85. The van der Waals surface area contributed by atoms with Crippen LogP contribution in [0, 0.1) is 6.92 Å². The van der Waals surface area contributed by atoms with Crippen molar-refractivity contribution in [3.63, 3.8) is 0 Å². The first-order chi connectivity index (χ1) is 24.2. The average molecular weight is 647 g/mol. The number of hydrogen-bond acceptors (Lipinski definition) is 1. The Hall–Kier alpha value is -5.50. The van der Waals surface area contributed by atoms with Gasteiger partial charge in [0.05, 0.1) is 0 Å². The largest absolute Gasteiger partial charge is 0.135 e. The van der Waals surface area contributed by atoms with E-state index in [-0.39, 0.29) is 0 Å². The molecule has 0 aliphatic rings. The molecule has 9 rings (SSSR count). The van der Waals surface area contributed by atoms with Gasteiger partial charge >= 0.3 is 0 Å². The average Bonchev–Trinajstić information content (AvgIpc) is 3.67. The van der Waals surface area contributed by atoms with E-state index in [1.54, 1.807) is 0 Å². The second-order valence-corrected chi connectivity index (χ2v) is 13.5. The Morgan fingerprint density at radius 3 is 1.69 bits per heavy atom. The molecule has 1 heteroatoms. The maximum atomic E-state index is 2.38. The summed E-state index contributed by atoms with van der Waals surface area (Å²) in [6.45, 7) is 8.38. The monoisotopic (exact) mass is 646 g/mol. The van der Waals surface area contributed by atoms with Crippen molar-refractivity contribution in [1.82, 2.24) is 0 Å². The Bertz CT molecular complexity index is 2630. The summed E-state index contributed by atoms with van der Waals surface area (Å²) in [6, 6.07) is 56.1. The Morgan fingerprint density at radius 2 is 1.02 bits per heavy atom. The highest BCUT2D eigenvalue weighted by Gasteiger charge is 2.19. The van der Waals surface area contributed by atoms with Gasteiger partial charge < -0.3 is 0 Å². The molecule has 0 bridgehead atoms. The number of fused-ring (bicyclic) bond motifs is 2. The molecule has 236 valence electrons. The zero-order valence-corrected chi connectivity index (χ0v) is 29.2. The normalized spacial score (nSPS) is 11.8. The van der Waals surface area contributed by atoms with E-state index in [2.05, 4.69) is 172 Å². The quantitative estimate of drug-likeness (QED) is 0.167. The predicted octanol–water partition coefficient (Wildman–Crippen LogP) is 13.9. The molecule has 49 heavy (non-hydrogen) atoms. The van der Waals surface area contributed by atoms with Crippen LogP contribution in [0.15, 0.2) is 152 Å². The maximum absolute atomic E-state index is 2.38. The van der Waals surface area contributed by atoms with Crippen molar-refractivity contribution < 1.29 is 0 Å². The fourth-order valence-electron chi connectivity index (χ4n) is 7.62. The summed E-state index contributed by atoms with van der Waals surface area (Å²) in [5, 5.41) is 11.7. The molecule has 1 aromatic heterocycles. The summed E-state index contributed by atoms with van der Waals surface area (Å²) in [5.41, 5.74) is 8.96. The minimum absolute atomic E-state index is 1.24. The molecule has 9 aromatic rings. The van der Waals surface area contributed by atoms with Gasteiger partial charge in [-0.05, 0) is 119 Å². The molecular weight excluding hydrogens is 609 g/mol. The highest BCUT2D eigenvalue weighted by Crippen LogP contribution is 2.47. The summed E-state index contributed by atoms with van der Waals surface area (Å²) in [4.78, 5) is 2.57. The number of hydrogen-bond donors (Lipinski definition) is 0. The first-order valence-electron chi connectivity index (χ1n) is 17.3.